The van der Waals surface area contributed by atoms with Gasteiger partial charge < -0.3 is 15.4 Å². The molecule has 2 amide bonds. The van der Waals surface area contributed by atoms with Crippen LogP contribution in [0.5, 0.6) is 5.75 Å². The number of nitrogens with zero attached hydrogens (tertiary/aromatic N) is 2. The summed E-state index contributed by atoms with van der Waals surface area (Å²) in [7, 11) is 1.56. The summed E-state index contributed by atoms with van der Waals surface area (Å²) in [5, 5.41) is 5.74. The number of hydrogen-bond donors (Lipinski definition) is 2. The third kappa shape index (κ3) is 4.34. The molecule has 1 aromatic heterocycles. The number of carbonyl (C=O) groups excluding carboxylic acids is 2. The predicted molar refractivity (Wildman–Crippen MR) is 123 cm³/mol. The van der Waals surface area contributed by atoms with Crippen molar-refractivity contribution in [1.29, 1.82) is 0 Å². The first-order valence-corrected chi connectivity index (χ1v) is 9.79. The molecule has 4 aromatic rings. The van der Waals surface area contributed by atoms with Gasteiger partial charge in [-0.3, -0.25) is 14.2 Å². The van der Waals surface area contributed by atoms with Crippen molar-refractivity contribution in [2.24, 2.45) is 0 Å². The third-order valence-electron chi connectivity index (χ3n) is 4.87. The number of methoxy groups -OCH3 is 1. The van der Waals surface area contributed by atoms with Crippen LogP contribution in [0, 0.1) is 0 Å². The summed E-state index contributed by atoms with van der Waals surface area (Å²) in [4.78, 5) is 41.4. The molecule has 1 heterocycles. The van der Waals surface area contributed by atoms with Crippen LogP contribution in [0.3, 0.4) is 0 Å². The zero-order valence-electron chi connectivity index (χ0n) is 17.5. The average molecular weight is 428 g/mol. The van der Waals surface area contributed by atoms with Gasteiger partial charge in [-0.2, -0.15) is 0 Å². The predicted octanol–water partition coefficient (Wildman–Crippen LogP) is 4.24. The van der Waals surface area contributed by atoms with Crippen molar-refractivity contribution in [3.05, 3.63) is 89.0 Å². The van der Waals surface area contributed by atoms with Crippen LogP contribution >= 0.6 is 0 Å². The molecule has 8 heteroatoms. The molecule has 8 nitrogen and oxygen atoms in total. The largest absolute Gasteiger partial charge is 0.497 e. The maximum absolute atomic E-state index is 13.1. The molecule has 0 bridgehead atoms. The van der Waals surface area contributed by atoms with E-state index in [9.17, 15) is 14.4 Å². The number of fused-ring (bicyclic) bond motifs is 1. The molecule has 0 unspecified atom stereocenters. The lowest BCUT2D eigenvalue weighted by Crippen LogP contribution is -2.21. The summed E-state index contributed by atoms with van der Waals surface area (Å²) in [6, 6.07) is 18.1. The number of anilines is 2. The van der Waals surface area contributed by atoms with Crippen LogP contribution in [0.15, 0.2) is 77.9 Å². The van der Waals surface area contributed by atoms with E-state index in [0.717, 1.165) is 0 Å². The summed E-state index contributed by atoms with van der Waals surface area (Å²) in [6.07, 6.45) is 1.46. The molecule has 0 aliphatic heterocycles. The van der Waals surface area contributed by atoms with Gasteiger partial charge in [-0.25, -0.2) is 9.78 Å². The van der Waals surface area contributed by atoms with Crippen LogP contribution in [0.2, 0.25) is 0 Å². The van der Waals surface area contributed by atoms with E-state index in [-0.39, 0.29) is 11.3 Å². The summed E-state index contributed by atoms with van der Waals surface area (Å²) < 4.78 is 6.65. The molecule has 0 radical (unpaired) electrons. The Morgan fingerprint density at radius 3 is 2.44 bits per heavy atom. The van der Waals surface area contributed by atoms with E-state index in [2.05, 4.69) is 15.6 Å². The Kier molecular flexibility index (Phi) is 5.67. The van der Waals surface area contributed by atoms with Crippen molar-refractivity contribution < 1.29 is 14.3 Å². The molecule has 0 aliphatic rings. The summed E-state index contributed by atoms with van der Waals surface area (Å²) in [6.45, 7) is 1.46. The van der Waals surface area contributed by atoms with Crippen molar-refractivity contribution in [1.82, 2.24) is 9.55 Å². The highest BCUT2D eigenvalue weighted by molar-refractivity contribution is 6.02. The average Bonchev–Trinajstić information content (AvgIpc) is 2.79. The van der Waals surface area contributed by atoms with Crippen molar-refractivity contribution in [2.75, 3.05) is 17.7 Å². The highest BCUT2D eigenvalue weighted by atomic mass is 16.5. The molecule has 2 N–H and O–H groups in total. The van der Waals surface area contributed by atoms with Gasteiger partial charge in [0, 0.05) is 23.0 Å². The highest BCUT2D eigenvalue weighted by Gasteiger charge is 2.10. The minimum atomic E-state index is -0.498. The summed E-state index contributed by atoms with van der Waals surface area (Å²) >= 11 is 0. The molecular weight excluding hydrogens is 408 g/mol. The Balaban J connectivity index is 1.60. The molecule has 0 atom stereocenters. The number of amides is 2. The second kappa shape index (κ2) is 8.73. The fraction of sp³-hybridized carbons (Fsp3) is 0.0833. The Morgan fingerprint density at radius 1 is 0.938 bits per heavy atom. The van der Waals surface area contributed by atoms with E-state index in [1.54, 1.807) is 73.8 Å². The van der Waals surface area contributed by atoms with Gasteiger partial charge in [-0.05, 0) is 49.4 Å². The molecular formula is C24H20N4O4. The Labute approximate surface area is 183 Å². The zero-order valence-corrected chi connectivity index (χ0v) is 17.5. The van der Waals surface area contributed by atoms with Gasteiger partial charge in [0.15, 0.2) is 5.78 Å². The molecule has 32 heavy (non-hydrogen) atoms. The lowest BCUT2D eigenvalue weighted by Gasteiger charge is -2.11. The number of benzene rings is 3. The maximum atomic E-state index is 13.1. The number of carbonyl (C=O) groups is 2. The quantitative estimate of drug-likeness (QED) is 0.463. The Bertz CT molecular complexity index is 1390. The van der Waals surface area contributed by atoms with Crippen molar-refractivity contribution in [3.8, 4) is 11.4 Å². The van der Waals surface area contributed by atoms with Gasteiger partial charge in [-0.15, -0.1) is 0 Å². The third-order valence-corrected chi connectivity index (χ3v) is 4.87. The molecule has 0 fully saturated rings. The minimum Gasteiger partial charge on any atom is -0.497 e. The number of urea groups is 1. The molecule has 4 rings (SSSR count). The van der Waals surface area contributed by atoms with Gasteiger partial charge in [0.1, 0.15) is 12.1 Å². The van der Waals surface area contributed by atoms with E-state index < -0.39 is 6.03 Å². The van der Waals surface area contributed by atoms with Crippen LogP contribution in [0.4, 0.5) is 16.2 Å². The lowest BCUT2D eigenvalue weighted by atomic mass is 10.1. The van der Waals surface area contributed by atoms with Gasteiger partial charge >= 0.3 is 6.03 Å². The minimum absolute atomic E-state index is 0.0941. The number of aromatic nitrogens is 2. The standard InChI is InChI=1S/C24H20N4O4/c1-15(29)16-5-3-6-17(11-16)26-24(31)27-18-9-10-22-21(12-18)23(30)28(14-25-22)19-7-4-8-20(13-19)32-2/h3-14H,1-2H3,(H2,26,27,31). The SMILES string of the molecule is COc1cccc(-n2cnc3ccc(NC(=O)Nc4cccc(C(C)=O)c4)cc3c2=O)c1. The fourth-order valence-electron chi connectivity index (χ4n) is 3.25. The van der Waals surface area contributed by atoms with E-state index in [4.69, 9.17) is 4.74 Å². The number of Topliss-reactive ketones (excluding diaryl/α,β-unsaturated/α-hetero) is 1. The van der Waals surface area contributed by atoms with Crippen LogP contribution in [-0.4, -0.2) is 28.5 Å². The van der Waals surface area contributed by atoms with Crippen LogP contribution in [-0.2, 0) is 0 Å². The van der Waals surface area contributed by atoms with E-state index in [1.165, 1.54) is 17.8 Å². The number of nitrogens with one attached hydrogen (secondary N) is 2. The second-order valence-corrected chi connectivity index (χ2v) is 7.07. The number of ether oxygens (including phenoxy) is 1. The number of rotatable bonds is 5. The topological polar surface area (TPSA) is 102 Å². The highest BCUT2D eigenvalue weighted by Crippen LogP contribution is 2.19. The number of hydrogen-bond acceptors (Lipinski definition) is 5. The van der Waals surface area contributed by atoms with E-state index in [1.807, 2.05) is 0 Å². The fourth-order valence-corrected chi connectivity index (χ4v) is 3.25. The van der Waals surface area contributed by atoms with Crippen LogP contribution in [0.1, 0.15) is 17.3 Å². The first kappa shape index (κ1) is 20.8. The lowest BCUT2D eigenvalue weighted by molar-refractivity contribution is 0.101. The van der Waals surface area contributed by atoms with Crippen molar-refractivity contribution >= 4 is 34.1 Å². The van der Waals surface area contributed by atoms with Crippen molar-refractivity contribution in [3.63, 3.8) is 0 Å². The summed E-state index contributed by atoms with van der Waals surface area (Å²) in [5.74, 6) is 0.527. The number of ketones is 1. The Hall–Kier alpha value is -4.46. The monoisotopic (exact) mass is 428 g/mol. The first-order chi connectivity index (χ1) is 15.4. The normalized spacial score (nSPS) is 10.6. The molecule has 0 saturated heterocycles. The molecule has 0 spiro atoms. The maximum Gasteiger partial charge on any atom is 0.323 e. The van der Waals surface area contributed by atoms with Gasteiger partial charge in [0.25, 0.3) is 5.56 Å². The van der Waals surface area contributed by atoms with Gasteiger partial charge in [0.05, 0.1) is 23.7 Å². The molecule has 0 saturated carbocycles. The smallest absolute Gasteiger partial charge is 0.323 e. The summed E-state index contributed by atoms with van der Waals surface area (Å²) in [5.41, 5.74) is 2.26. The van der Waals surface area contributed by atoms with Crippen LogP contribution < -0.4 is 20.9 Å². The molecule has 0 aliphatic carbocycles. The zero-order chi connectivity index (χ0) is 22.7. The van der Waals surface area contributed by atoms with Gasteiger partial charge in [-0.1, -0.05) is 18.2 Å². The van der Waals surface area contributed by atoms with Gasteiger partial charge in [0.2, 0.25) is 0 Å². The second-order valence-electron chi connectivity index (χ2n) is 7.07. The molecule has 3 aromatic carbocycles. The van der Waals surface area contributed by atoms with Crippen LogP contribution in [0.25, 0.3) is 16.6 Å². The Morgan fingerprint density at radius 2 is 1.69 bits per heavy atom. The first-order valence-electron chi connectivity index (χ1n) is 9.79. The molecule has 160 valence electrons. The van der Waals surface area contributed by atoms with Crippen molar-refractivity contribution in [2.45, 2.75) is 6.92 Å². The van der Waals surface area contributed by atoms with E-state index in [0.29, 0.717) is 39.3 Å². The van der Waals surface area contributed by atoms with E-state index >= 15 is 0 Å².